The van der Waals surface area contributed by atoms with Crippen LogP contribution in [-0.4, -0.2) is 24.5 Å². The maximum Gasteiger partial charge on any atom is 0.241 e. The lowest BCUT2D eigenvalue weighted by molar-refractivity contribution is -0.119. The number of hydrogen-bond acceptors (Lipinski definition) is 4. The number of benzene rings is 2. The largest absolute Gasteiger partial charge is 0.493 e. The molecule has 0 fully saturated rings. The smallest absolute Gasteiger partial charge is 0.241 e. The highest BCUT2D eigenvalue weighted by Gasteiger charge is 2.23. The molecule has 1 heterocycles. The Morgan fingerprint density at radius 3 is 2.56 bits per heavy atom. The molecule has 0 saturated carbocycles. The molecule has 6 nitrogen and oxygen atoms in total. The van der Waals surface area contributed by atoms with Gasteiger partial charge in [0, 0.05) is 12.2 Å². The number of carbonyl (C=O) groups excluding carboxylic acids is 2. The summed E-state index contributed by atoms with van der Waals surface area (Å²) in [5.74, 6) is 0.173. The zero-order valence-corrected chi connectivity index (χ0v) is 13.8. The third-order valence-corrected chi connectivity index (χ3v) is 4.14. The van der Waals surface area contributed by atoms with Gasteiger partial charge in [-0.25, -0.2) is 0 Å². The lowest BCUT2D eigenvalue weighted by Crippen LogP contribution is -2.44. The maximum absolute atomic E-state index is 12.5. The van der Waals surface area contributed by atoms with Crippen LogP contribution in [0.25, 0.3) is 0 Å². The highest BCUT2D eigenvalue weighted by Crippen LogP contribution is 2.19. The lowest BCUT2D eigenvalue weighted by Gasteiger charge is -2.25. The first-order valence-corrected chi connectivity index (χ1v) is 8.24. The van der Waals surface area contributed by atoms with E-state index in [4.69, 9.17) is 10.5 Å². The van der Waals surface area contributed by atoms with E-state index in [0.717, 1.165) is 0 Å². The summed E-state index contributed by atoms with van der Waals surface area (Å²) in [6.07, 6.45) is 0.851. The number of hydrogen-bond donors (Lipinski definition) is 3. The van der Waals surface area contributed by atoms with Crippen molar-refractivity contribution in [3.05, 3.63) is 59.7 Å². The summed E-state index contributed by atoms with van der Waals surface area (Å²) in [7, 11) is 0. The number of carbonyl (C=O) groups is 2. The van der Waals surface area contributed by atoms with Crippen LogP contribution in [0.5, 0.6) is 5.75 Å². The summed E-state index contributed by atoms with van der Waals surface area (Å²) < 4.78 is 5.41. The first-order chi connectivity index (χ1) is 12.1. The Morgan fingerprint density at radius 2 is 1.84 bits per heavy atom. The fraction of sp³-hybridized carbons (Fsp3) is 0.263. The molecule has 0 radical (unpaired) electrons. The van der Waals surface area contributed by atoms with Gasteiger partial charge in [0.25, 0.3) is 0 Å². The van der Waals surface area contributed by atoms with E-state index < -0.39 is 5.91 Å². The van der Waals surface area contributed by atoms with Crippen LogP contribution in [0.4, 0.5) is 5.69 Å². The van der Waals surface area contributed by atoms with Gasteiger partial charge in [-0.05, 0) is 41.8 Å². The average molecular weight is 339 g/mol. The van der Waals surface area contributed by atoms with E-state index in [1.807, 2.05) is 12.1 Å². The molecule has 4 N–H and O–H groups in total. The average Bonchev–Trinajstić information content (AvgIpc) is 2.62. The van der Waals surface area contributed by atoms with E-state index >= 15 is 0 Å². The third-order valence-electron chi connectivity index (χ3n) is 4.14. The van der Waals surface area contributed by atoms with Crippen LogP contribution < -0.4 is 21.1 Å². The van der Waals surface area contributed by atoms with E-state index in [1.54, 1.807) is 24.3 Å². The molecule has 130 valence electrons. The molecule has 2 aromatic rings. The van der Waals surface area contributed by atoms with Crippen molar-refractivity contribution in [3.63, 3.8) is 0 Å². The normalized spacial score (nSPS) is 15.9. The molecule has 1 aliphatic rings. The number of nitrogens with one attached hydrogen (secondary N) is 2. The van der Waals surface area contributed by atoms with E-state index in [0.29, 0.717) is 24.4 Å². The molecule has 0 spiro atoms. The van der Waals surface area contributed by atoms with Gasteiger partial charge < -0.3 is 21.1 Å². The number of ether oxygens (including phenoxy) is 1. The Bertz CT molecular complexity index is 759. The minimum Gasteiger partial charge on any atom is -0.493 e. The first kappa shape index (κ1) is 17.0. The Balaban J connectivity index is 1.54. The van der Waals surface area contributed by atoms with Crippen molar-refractivity contribution in [2.24, 2.45) is 5.73 Å². The van der Waals surface area contributed by atoms with Crippen LogP contribution in [0.2, 0.25) is 0 Å². The monoisotopic (exact) mass is 339 g/mol. The van der Waals surface area contributed by atoms with Gasteiger partial charge >= 0.3 is 0 Å². The molecule has 0 bridgehead atoms. The topological polar surface area (TPSA) is 93.5 Å². The van der Waals surface area contributed by atoms with Crippen LogP contribution in [0.15, 0.2) is 48.5 Å². The van der Waals surface area contributed by atoms with Crippen molar-refractivity contribution >= 4 is 17.5 Å². The first-order valence-electron chi connectivity index (χ1n) is 8.24. The van der Waals surface area contributed by atoms with Crippen molar-refractivity contribution in [3.8, 4) is 5.75 Å². The second-order valence-corrected chi connectivity index (χ2v) is 5.98. The van der Waals surface area contributed by atoms with Gasteiger partial charge in [0.15, 0.2) is 0 Å². The molecule has 2 aromatic carbocycles. The zero-order chi connectivity index (χ0) is 17.6. The van der Waals surface area contributed by atoms with E-state index in [-0.39, 0.29) is 25.0 Å². The summed E-state index contributed by atoms with van der Waals surface area (Å²) in [5, 5.41) is 6.18. The van der Waals surface area contributed by atoms with Gasteiger partial charge in [-0.1, -0.05) is 24.3 Å². The molecular weight excluding hydrogens is 318 g/mol. The Morgan fingerprint density at radius 1 is 1.12 bits per heavy atom. The van der Waals surface area contributed by atoms with Crippen molar-refractivity contribution in [2.45, 2.75) is 25.4 Å². The summed E-state index contributed by atoms with van der Waals surface area (Å²) in [6.45, 7) is 0.938. The number of fused-ring (bicyclic) bond motifs is 1. The molecule has 1 aliphatic heterocycles. The molecule has 25 heavy (non-hydrogen) atoms. The maximum atomic E-state index is 12.5. The van der Waals surface area contributed by atoms with E-state index in [2.05, 4.69) is 22.8 Å². The summed E-state index contributed by atoms with van der Waals surface area (Å²) in [4.78, 5) is 23.1. The number of anilines is 1. The van der Waals surface area contributed by atoms with Crippen LogP contribution >= 0.6 is 0 Å². The van der Waals surface area contributed by atoms with Gasteiger partial charge in [0.2, 0.25) is 11.8 Å². The molecule has 0 aromatic heterocycles. The van der Waals surface area contributed by atoms with Crippen LogP contribution in [0.3, 0.4) is 0 Å². The predicted molar refractivity (Wildman–Crippen MR) is 95.2 cm³/mol. The summed E-state index contributed by atoms with van der Waals surface area (Å²) >= 11 is 0. The van der Waals surface area contributed by atoms with Gasteiger partial charge in [-0.3, -0.25) is 9.59 Å². The van der Waals surface area contributed by atoms with Gasteiger partial charge in [-0.15, -0.1) is 0 Å². The molecule has 6 heteroatoms. The van der Waals surface area contributed by atoms with Crippen molar-refractivity contribution in [1.82, 2.24) is 5.32 Å². The Labute approximate surface area is 146 Å². The van der Waals surface area contributed by atoms with Crippen LogP contribution in [0.1, 0.15) is 17.5 Å². The van der Waals surface area contributed by atoms with Gasteiger partial charge in [-0.2, -0.15) is 0 Å². The Hall–Kier alpha value is -2.86. The number of rotatable bonds is 6. The molecule has 3 rings (SSSR count). The SMILES string of the molecule is NC(=O)CCOc1ccc(NC(=O)C2Cc3ccccc3CN2)cc1. The second kappa shape index (κ2) is 7.81. The number of nitrogens with two attached hydrogens (primary N) is 1. The van der Waals surface area contributed by atoms with Gasteiger partial charge in [0.05, 0.1) is 19.1 Å². The quantitative estimate of drug-likeness (QED) is 0.745. The second-order valence-electron chi connectivity index (χ2n) is 5.98. The third kappa shape index (κ3) is 4.58. The Kier molecular flexibility index (Phi) is 5.30. The van der Waals surface area contributed by atoms with Crippen molar-refractivity contribution in [1.29, 1.82) is 0 Å². The van der Waals surface area contributed by atoms with Crippen molar-refractivity contribution < 1.29 is 14.3 Å². The highest BCUT2D eigenvalue weighted by atomic mass is 16.5. The number of primary amides is 1. The predicted octanol–water partition coefficient (Wildman–Crippen LogP) is 1.59. The molecule has 0 saturated heterocycles. The lowest BCUT2D eigenvalue weighted by atomic mass is 9.95. The minimum absolute atomic E-state index is 0.0584. The molecular formula is C19H21N3O3. The van der Waals surface area contributed by atoms with E-state index in [1.165, 1.54) is 11.1 Å². The van der Waals surface area contributed by atoms with Gasteiger partial charge in [0.1, 0.15) is 5.75 Å². The summed E-state index contributed by atoms with van der Waals surface area (Å²) in [6, 6.07) is 14.9. The van der Waals surface area contributed by atoms with Crippen molar-refractivity contribution in [2.75, 3.05) is 11.9 Å². The van der Waals surface area contributed by atoms with Crippen LogP contribution in [0, 0.1) is 0 Å². The fourth-order valence-corrected chi connectivity index (χ4v) is 2.77. The molecule has 2 amide bonds. The summed E-state index contributed by atoms with van der Waals surface area (Å²) in [5.41, 5.74) is 8.21. The van der Waals surface area contributed by atoms with Crippen LogP contribution in [-0.2, 0) is 22.6 Å². The van der Waals surface area contributed by atoms with E-state index in [9.17, 15) is 9.59 Å². The zero-order valence-electron chi connectivity index (χ0n) is 13.8. The number of amides is 2. The fourth-order valence-electron chi connectivity index (χ4n) is 2.77. The minimum atomic E-state index is -0.398. The standard InChI is InChI=1S/C19H21N3O3/c20-18(23)9-10-25-16-7-5-15(6-8-16)22-19(24)17-11-13-3-1-2-4-14(13)12-21-17/h1-8,17,21H,9-12H2,(H2,20,23)(H,22,24). The molecule has 1 unspecified atom stereocenters. The molecule has 1 atom stereocenters. The highest BCUT2D eigenvalue weighted by molar-refractivity contribution is 5.95. The molecule has 0 aliphatic carbocycles.